The number of amides is 1. The average Bonchev–Trinajstić information content (AvgIpc) is 2.91. The molecule has 6 nitrogen and oxygen atoms in total. The van der Waals surface area contributed by atoms with Gasteiger partial charge in [-0.25, -0.2) is 4.39 Å². The van der Waals surface area contributed by atoms with Gasteiger partial charge in [0.05, 0.1) is 6.04 Å². The highest BCUT2D eigenvalue weighted by atomic mass is 32.2. The Morgan fingerprint density at radius 2 is 2.03 bits per heavy atom. The Kier molecular flexibility index (Phi) is 4.89. The van der Waals surface area contributed by atoms with Crippen molar-refractivity contribution in [1.29, 1.82) is 0 Å². The fourth-order valence-corrected chi connectivity index (χ4v) is 6.46. The molecule has 0 aromatic carbocycles. The van der Waals surface area contributed by atoms with Gasteiger partial charge >= 0.3 is 0 Å². The van der Waals surface area contributed by atoms with Crippen LogP contribution < -0.4 is 10.4 Å². The van der Waals surface area contributed by atoms with E-state index in [4.69, 9.17) is 0 Å². The maximum atomic E-state index is 15.7. The van der Waals surface area contributed by atoms with Crippen molar-refractivity contribution in [1.82, 2.24) is 9.58 Å². The summed E-state index contributed by atoms with van der Waals surface area (Å²) < 4.78 is 17.3. The second kappa shape index (κ2) is 7.40. The van der Waals surface area contributed by atoms with Crippen LogP contribution in [-0.2, 0) is 0 Å². The SMILES string of the molecule is CC1CC=CC2=C1C(N1CN(C)C(=O)c3c(O)c(=O)ccn31)C1=C(SC2)C(C)(F)CC=C1. The van der Waals surface area contributed by atoms with E-state index in [9.17, 15) is 14.7 Å². The fraction of sp³-hybridized carbons (Fsp3) is 0.417. The lowest BCUT2D eigenvalue weighted by molar-refractivity contribution is 0.0728. The summed E-state index contributed by atoms with van der Waals surface area (Å²) in [5.41, 5.74) is 1.11. The second-order valence-corrected chi connectivity index (χ2v) is 10.1. The molecule has 1 aromatic rings. The number of thioether (sulfide) groups is 1. The van der Waals surface area contributed by atoms with E-state index in [0.29, 0.717) is 17.1 Å². The molecular weight excluding hydrogens is 429 g/mol. The van der Waals surface area contributed by atoms with Crippen LogP contribution in [0.3, 0.4) is 0 Å². The quantitative estimate of drug-likeness (QED) is 0.702. The van der Waals surface area contributed by atoms with Gasteiger partial charge in [-0.15, -0.1) is 11.8 Å². The first kappa shape index (κ1) is 21.1. The number of carbonyl (C=O) groups excluding carboxylic acids is 1. The molecule has 3 heterocycles. The Bertz CT molecular complexity index is 1190. The Labute approximate surface area is 190 Å². The van der Waals surface area contributed by atoms with Gasteiger partial charge in [0, 0.05) is 36.4 Å². The number of hydrogen-bond acceptors (Lipinski definition) is 5. The lowest BCUT2D eigenvalue weighted by Crippen LogP contribution is -2.58. The number of carbonyl (C=O) groups is 1. The number of alkyl halides is 1. The van der Waals surface area contributed by atoms with Crippen LogP contribution in [0.5, 0.6) is 5.75 Å². The molecule has 1 amide bonds. The molecule has 0 radical (unpaired) electrons. The minimum Gasteiger partial charge on any atom is -0.502 e. The maximum absolute atomic E-state index is 15.7. The Morgan fingerprint density at radius 3 is 2.81 bits per heavy atom. The van der Waals surface area contributed by atoms with Gasteiger partial charge in [0.15, 0.2) is 11.4 Å². The van der Waals surface area contributed by atoms with Crippen molar-refractivity contribution in [3.8, 4) is 5.75 Å². The van der Waals surface area contributed by atoms with Crippen LogP contribution in [0.25, 0.3) is 0 Å². The Hall–Kier alpha value is -2.74. The number of hydrogen-bond donors (Lipinski definition) is 1. The smallest absolute Gasteiger partial charge is 0.277 e. The lowest BCUT2D eigenvalue weighted by atomic mass is 9.79. The van der Waals surface area contributed by atoms with E-state index in [1.54, 1.807) is 30.4 Å². The van der Waals surface area contributed by atoms with Crippen molar-refractivity contribution < 1.29 is 14.3 Å². The summed E-state index contributed by atoms with van der Waals surface area (Å²) in [6, 6.07) is 0.929. The maximum Gasteiger partial charge on any atom is 0.277 e. The minimum atomic E-state index is -1.47. The van der Waals surface area contributed by atoms with Crippen LogP contribution in [-0.4, -0.2) is 51.8 Å². The lowest BCUT2D eigenvalue weighted by Gasteiger charge is -2.46. The van der Waals surface area contributed by atoms with Crippen LogP contribution >= 0.6 is 11.8 Å². The van der Waals surface area contributed by atoms with Crippen molar-refractivity contribution in [2.24, 2.45) is 5.92 Å². The van der Waals surface area contributed by atoms with E-state index in [2.05, 4.69) is 19.1 Å². The predicted molar refractivity (Wildman–Crippen MR) is 124 cm³/mol. The van der Waals surface area contributed by atoms with E-state index < -0.39 is 22.8 Å². The number of pyridine rings is 1. The van der Waals surface area contributed by atoms with Crippen LogP contribution in [0.2, 0.25) is 0 Å². The third-order valence-corrected chi connectivity index (χ3v) is 8.15. The molecule has 2 aliphatic heterocycles. The molecule has 0 saturated heterocycles. The third-order valence-electron chi connectivity index (χ3n) is 6.74. The summed E-state index contributed by atoms with van der Waals surface area (Å²) in [4.78, 5) is 27.2. The topological polar surface area (TPSA) is 65.8 Å². The van der Waals surface area contributed by atoms with Crippen molar-refractivity contribution in [2.45, 2.75) is 38.4 Å². The van der Waals surface area contributed by atoms with Gasteiger partial charge in [-0.1, -0.05) is 31.2 Å². The summed E-state index contributed by atoms with van der Waals surface area (Å²) in [6.45, 7) is 4.04. The summed E-state index contributed by atoms with van der Waals surface area (Å²) in [5.74, 6) is -0.0717. The molecule has 0 fully saturated rings. The van der Waals surface area contributed by atoms with Gasteiger partial charge in [0.25, 0.3) is 5.91 Å². The predicted octanol–water partition coefficient (Wildman–Crippen LogP) is 3.49. The van der Waals surface area contributed by atoms with Gasteiger partial charge in [-0.2, -0.15) is 0 Å². The molecule has 3 atom stereocenters. The largest absolute Gasteiger partial charge is 0.502 e. The number of nitrogens with zero attached hydrogens (tertiary/aromatic N) is 3. The van der Waals surface area contributed by atoms with E-state index in [-0.39, 0.29) is 24.3 Å². The monoisotopic (exact) mass is 455 g/mol. The van der Waals surface area contributed by atoms with Crippen LogP contribution in [0.1, 0.15) is 37.2 Å². The summed E-state index contributed by atoms with van der Waals surface area (Å²) in [7, 11) is 1.64. The van der Waals surface area contributed by atoms with Crippen LogP contribution in [0, 0.1) is 5.92 Å². The highest BCUT2D eigenvalue weighted by molar-refractivity contribution is 8.03. The van der Waals surface area contributed by atoms with Gasteiger partial charge in [0.1, 0.15) is 12.3 Å². The normalized spacial score (nSPS) is 29.7. The highest BCUT2D eigenvalue weighted by Gasteiger charge is 2.44. The van der Waals surface area contributed by atoms with Crippen molar-refractivity contribution in [3.05, 3.63) is 74.1 Å². The second-order valence-electron chi connectivity index (χ2n) is 9.11. The van der Waals surface area contributed by atoms with Crippen LogP contribution in [0.15, 0.2) is 63.0 Å². The molecule has 0 saturated carbocycles. The molecule has 5 rings (SSSR count). The van der Waals surface area contributed by atoms with Crippen LogP contribution in [0.4, 0.5) is 4.39 Å². The molecule has 32 heavy (non-hydrogen) atoms. The molecule has 3 unspecified atom stereocenters. The number of rotatable bonds is 1. The number of fused-ring (bicyclic) bond motifs is 1. The zero-order valence-electron chi connectivity index (χ0n) is 18.3. The summed E-state index contributed by atoms with van der Waals surface area (Å²) >= 11 is 1.55. The first-order chi connectivity index (χ1) is 15.2. The minimum absolute atomic E-state index is 0.0609. The number of halogens is 1. The zero-order chi connectivity index (χ0) is 22.8. The van der Waals surface area contributed by atoms with E-state index in [1.165, 1.54) is 28.3 Å². The molecule has 168 valence electrons. The molecule has 8 heteroatoms. The first-order valence-electron chi connectivity index (χ1n) is 10.8. The molecule has 4 aliphatic rings. The fourth-order valence-electron chi connectivity index (χ4n) is 5.16. The average molecular weight is 456 g/mol. The number of aromatic hydroxyl groups is 1. The molecular formula is C24H26FN3O3S. The number of aromatic nitrogens is 1. The van der Waals surface area contributed by atoms with E-state index >= 15 is 4.39 Å². The molecule has 0 spiro atoms. The number of allylic oxidation sites excluding steroid dienone is 4. The van der Waals surface area contributed by atoms with Crippen molar-refractivity contribution in [3.63, 3.8) is 0 Å². The molecule has 1 aromatic heterocycles. The molecule has 1 N–H and O–H groups in total. The van der Waals surface area contributed by atoms with Gasteiger partial charge in [0.2, 0.25) is 5.43 Å². The van der Waals surface area contributed by atoms with Gasteiger partial charge in [-0.3, -0.25) is 19.3 Å². The first-order valence-corrected chi connectivity index (χ1v) is 11.8. The van der Waals surface area contributed by atoms with Crippen molar-refractivity contribution in [2.75, 3.05) is 24.5 Å². The van der Waals surface area contributed by atoms with Gasteiger partial charge in [-0.05, 0) is 36.0 Å². The standard InChI is InChI=1S/C24H26FN3O3S/c1-14-6-4-7-15-12-32-22-16(8-5-10-24(22,2)25)19(18(14)15)28-13-26(3)23(31)20-21(30)17(29)9-11-27(20)28/h4-5,7-9,11,14,19,30H,6,10,12-13H2,1-3H3. The summed E-state index contributed by atoms with van der Waals surface area (Å²) in [6.07, 6.45) is 10.9. The molecule has 0 bridgehead atoms. The third kappa shape index (κ3) is 3.07. The van der Waals surface area contributed by atoms with Crippen molar-refractivity contribution >= 4 is 17.7 Å². The summed E-state index contributed by atoms with van der Waals surface area (Å²) in [5, 5.41) is 12.4. The van der Waals surface area contributed by atoms with E-state index in [1.807, 2.05) is 17.2 Å². The zero-order valence-corrected chi connectivity index (χ0v) is 19.2. The van der Waals surface area contributed by atoms with Gasteiger partial charge < -0.3 is 10.0 Å². The van der Waals surface area contributed by atoms with E-state index in [0.717, 1.165) is 12.0 Å². The Morgan fingerprint density at radius 1 is 1.25 bits per heavy atom. The Balaban J connectivity index is 1.79. The highest BCUT2D eigenvalue weighted by Crippen LogP contribution is 2.48. The molecule has 2 aliphatic carbocycles.